The highest BCUT2D eigenvalue weighted by Crippen LogP contribution is 2.01. The van der Waals surface area contributed by atoms with Crippen LogP contribution in [0.5, 0.6) is 0 Å². The zero-order chi connectivity index (χ0) is 10.4. The number of nitrogens with zero attached hydrogens (tertiary/aromatic N) is 2. The van der Waals surface area contributed by atoms with Gasteiger partial charge in [0.25, 0.3) is 0 Å². The van der Waals surface area contributed by atoms with Crippen LogP contribution in [-0.4, -0.2) is 29.7 Å². The fourth-order valence-corrected chi connectivity index (χ4v) is 0.922. The minimum atomic E-state index is 0.151. The Bertz CT molecular complexity index is 279. The molecule has 1 heterocycles. The van der Waals surface area contributed by atoms with Crippen LogP contribution in [0.2, 0.25) is 0 Å². The van der Waals surface area contributed by atoms with E-state index in [1.165, 1.54) is 0 Å². The number of anilines is 1. The van der Waals surface area contributed by atoms with Gasteiger partial charge in [-0.1, -0.05) is 0 Å². The number of aromatic nitrogens is 2. The Kier molecular flexibility index (Phi) is 4.28. The molecule has 0 radical (unpaired) electrons. The van der Waals surface area contributed by atoms with Crippen molar-refractivity contribution in [2.24, 2.45) is 5.73 Å². The monoisotopic (exact) mass is 196 g/mol. The van der Waals surface area contributed by atoms with Gasteiger partial charge in [-0.2, -0.15) is 0 Å². The largest absolute Gasteiger partial charge is 0.380 e. The molecule has 0 fully saturated rings. The molecule has 14 heavy (non-hydrogen) atoms. The molecule has 1 rings (SSSR count). The zero-order valence-corrected chi connectivity index (χ0v) is 8.53. The van der Waals surface area contributed by atoms with E-state index >= 15 is 0 Å². The summed E-state index contributed by atoms with van der Waals surface area (Å²) in [5.41, 5.74) is 6.22. The van der Waals surface area contributed by atoms with E-state index in [-0.39, 0.29) is 6.10 Å². The molecule has 1 unspecified atom stereocenters. The molecule has 0 aliphatic carbocycles. The van der Waals surface area contributed by atoms with E-state index in [4.69, 9.17) is 10.5 Å². The number of ether oxygens (including phenoxy) is 1. The smallest absolute Gasteiger partial charge is 0.144 e. The van der Waals surface area contributed by atoms with Gasteiger partial charge in [0.15, 0.2) is 0 Å². The average Bonchev–Trinajstić information content (AvgIpc) is 2.26. The Hall–Kier alpha value is -1.20. The van der Waals surface area contributed by atoms with Gasteiger partial charge in [0.1, 0.15) is 5.82 Å². The maximum atomic E-state index is 5.45. The Morgan fingerprint density at radius 3 is 3.00 bits per heavy atom. The van der Waals surface area contributed by atoms with Gasteiger partial charge in [0, 0.05) is 26.4 Å². The number of nitrogens with two attached hydrogens (primary N) is 1. The maximum Gasteiger partial charge on any atom is 0.144 e. The van der Waals surface area contributed by atoms with Gasteiger partial charge < -0.3 is 15.8 Å². The van der Waals surface area contributed by atoms with E-state index in [0.717, 1.165) is 11.5 Å². The number of hydrogen-bond donors (Lipinski definition) is 2. The molecule has 0 aromatic carbocycles. The Morgan fingerprint density at radius 1 is 1.57 bits per heavy atom. The van der Waals surface area contributed by atoms with Crippen molar-refractivity contribution in [3.8, 4) is 0 Å². The van der Waals surface area contributed by atoms with Crippen LogP contribution in [0, 0.1) is 0 Å². The van der Waals surface area contributed by atoms with Crippen molar-refractivity contribution < 1.29 is 4.74 Å². The van der Waals surface area contributed by atoms with E-state index in [2.05, 4.69) is 15.3 Å². The molecule has 1 aromatic heterocycles. The fourth-order valence-electron chi connectivity index (χ4n) is 0.922. The molecule has 0 aliphatic rings. The lowest BCUT2D eigenvalue weighted by atomic mass is 10.4. The third-order valence-electron chi connectivity index (χ3n) is 1.87. The highest BCUT2D eigenvalue weighted by atomic mass is 16.5. The first-order valence-electron chi connectivity index (χ1n) is 4.54. The van der Waals surface area contributed by atoms with Crippen LogP contribution < -0.4 is 11.1 Å². The van der Waals surface area contributed by atoms with Crippen molar-refractivity contribution in [3.05, 3.63) is 18.1 Å². The molecule has 1 aromatic rings. The quantitative estimate of drug-likeness (QED) is 0.712. The van der Waals surface area contributed by atoms with Gasteiger partial charge in [-0.05, 0) is 6.92 Å². The summed E-state index contributed by atoms with van der Waals surface area (Å²) in [6.07, 6.45) is 3.48. The summed E-state index contributed by atoms with van der Waals surface area (Å²) in [4.78, 5) is 8.26. The van der Waals surface area contributed by atoms with Gasteiger partial charge in [-0.3, -0.25) is 4.98 Å². The lowest BCUT2D eigenvalue weighted by molar-refractivity contribution is 0.128. The van der Waals surface area contributed by atoms with Crippen LogP contribution >= 0.6 is 0 Å². The number of rotatable bonds is 5. The first-order chi connectivity index (χ1) is 6.76. The van der Waals surface area contributed by atoms with Crippen LogP contribution in [0.15, 0.2) is 12.4 Å². The third-order valence-corrected chi connectivity index (χ3v) is 1.87. The van der Waals surface area contributed by atoms with Crippen molar-refractivity contribution in [1.29, 1.82) is 0 Å². The predicted octanol–water partition coefficient (Wildman–Crippen LogP) is 0.382. The van der Waals surface area contributed by atoms with E-state index in [1.54, 1.807) is 19.5 Å². The Balaban J connectivity index is 2.50. The van der Waals surface area contributed by atoms with Crippen LogP contribution in [-0.2, 0) is 11.3 Å². The second-order valence-corrected chi connectivity index (χ2v) is 3.03. The molecule has 0 aliphatic heterocycles. The summed E-state index contributed by atoms with van der Waals surface area (Å²) in [5, 5.41) is 3.12. The number of nitrogens with one attached hydrogen (secondary N) is 1. The lowest BCUT2D eigenvalue weighted by Gasteiger charge is -2.11. The summed E-state index contributed by atoms with van der Waals surface area (Å²) in [6, 6.07) is 0. The summed E-state index contributed by atoms with van der Waals surface area (Å²) < 4.78 is 5.09. The molecular weight excluding hydrogens is 180 g/mol. The molecule has 0 saturated heterocycles. The van der Waals surface area contributed by atoms with E-state index in [0.29, 0.717) is 13.1 Å². The third kappa shape index (κ3) is 3.27. The minimum absolute atomic E-state index is 0.151. The molecule has 0 amide bonds. The number of hydrogen-bond acceptors (Lipinski definition) is 5. The second kappa shape index (κ2) is 5.51. The van der Waals surface area contributed by atoms with Gasteiger partial charge in [0.05, 0.1) is 18.0 Å². The number of methoxy groups -OCH3 is 1. The van der Waals surface area contributed by atoms with Crippen LogP contribution in [0.1, 0.15) is 12.6 Å². The van der Waals surface area contributed by atoms with Gasteiger partial charge >= 0.3 is 0 Å². The minimum Gasteiger partial charge on any atom is -0.380 e. The molecule has 0 bridgehead atoms. The molecule has 5 nitrogen and oxygen atoms in total. The SMILES string of the molecule is COC(C)CNc1cncc(CN)n1. The predicted molar refractivity (Wildman–Crippen MR) is 54.9 cm³/mol. The van der Waals surface area contributed by atoms with Crippen molar-refractivity contribution in [3.63, 3.8) is 0 Å². The Morgan fingerprint density at radius 2 is 2.36 bits per heavy atom. The summed E-state index contributed by atoms with van der Waals surface area (Å²) >= 11 is 0. The Labute approximate surface area is 83.7 Å². The van der Waals surface area contributed by atoms with E-state index < -0.39 is 0 Å². The summed E-state index contributed by atoms with van der Waals surface area (Å²) in [7, 11) is 1.67. The van der Waals surface area contributed by atoms with Crippen molar-refractivity contribution in [1.82, 2.24) is 9.97 Å². The summed E-state index contributed by atoms with van der Waals surface area (Å²) in [5.74, 6) is 0.733. The average molecular weight is 196 g/mol. The van der Waals surface area contributed by atoms with Gasteiger partial charge in [0.2, 0.25) is 0 Å². The second-order valence-electron chi connectivity index (χ2n) is 3.03. The normalized spacial score (nSPS) is 12.5. The summed E-state index contributed by atoms with van der Waals surface area (Å²) in [6.45, 7) is 3.09. The molecule has 78 valence electrons. The molecule has 3 N–H and O–H groups in total. The van der Waals surface area contributed by atoms with Gasteiger partial charge in [-0.15, -0.1) is 0 Å². The van der Waals surface area contributed by atoms with Crippen molar-refractivity contribution in [2.75, 3.05) is 19.0 Å². The lowest BCUT2D eigenvalue weighted by Crippen LogP contribution is -2.19. The molecule has 5 heteroatoms. The van der Waals surface area contributed by atoms with Crippen molar-refractivity contribution >= 4 is 5.82 Å². The highest BCUT2D eigenvalue weighted by Gasteiger charge is 2.00. The topological polar surface area (TPSA) is 73.1 Å². The maximum absolute atomic E-state index is 5.45. The first kappa shape index (κ1) is 10.9. The van der Waals surface area contributed by atoms with E-state index in [1.807, 2.05) is 6.92 Å². The molecule has 1 atom stereocenters. The van der Waals surface area contributed by atoms with Gasteiger partial charge in [-0.25, -0.2) is 4.98 Å². The molecule has 0 saturated carbocycles. The fraction of sp³-hybridized carbons (Fsp3) is 0.556. The standard InChI is InChI=1S/C9H16N4O/c1-7(14-2)4-12-9-6-11-5-8(3-10)13-9/h5-7H,3-4,10H2,1-2H3,(H,12,13). The van der Waals surface area contributed by atoms with Crippen LogP contribution in [0.25, 0.3) is 0 Å². The highest BCUT2D eigenvalue weighted by molar-refractivity contribution is 5.31. The van der Waals surface area contributed by atoms with Crippen LogP contribution in [0.4, 0.5) is 5.82 Å². The first-order valence-corrected chi connectivity index (χ1v) is 4.54. The molecular formula is C9H16N4O. The van der Waals surface area contributed by atoms with Crippen LogP contribution in [0.3, 0.4) is 0 Å². The van der Waals surface area contributed by atoms with E-state index in [9.17, 15) is 0 Å². The molecule has 0 spiro atoms. The zero-order valence-electron chi connectivity index (χ0n) is 8.53. The van der Waals surface area contributed by atoms with Crippen molar-refractivity contribution in [2.45, 2.75) is 19.6 Å².